The van der Waals surface area contributed by atoms with Gasteiger partial charge < -0.3 is 39.5 Å². The van der Waals surface area contributed by atoms with Gasteiger partial charge in [-0.3, -0.25) is 19.2 Å². The minimum Gasteiger partial charge on any atom is -0.460 e. The van der Waals surface area contributed by atoms with Gasteiger partial charge in [0.2, 0.25) is 5.79 Å². The van der Waals surface area contributed by atoms with Gasteiger partial charge in [-0.25, -0.2) is 4.79 Å². The molecule has 0 aromatic rings. The molecule has 13 nitrogen and oxygen atoms in total. The van der Waals surface area contributed by atoms with Crippen LogP contribution in [0.5, 0.6) is 0 Å². The molecule has 0 aromatic heterocycles. The van der Waals surface area contributed by atoms with Crippen LogP contribution in [0.4, 0.5) is 0 Å². The van der Waals surface area contributed by atoms with E-state index in [4.69, 9.17) is 14.2 Å². The van der Waals surface area contributed by atoms with Crippen molar-refractivity contribution in [1.29, 1.82) is 0 Å². The molecule has 3 aliphatic heterocycles. The first-order valence-electron chi connectivity index (χ1n) is 23.0. The van der Waals surface area contributed by atoms with Gasteiger partial charge in [0.15, 0.2) is 0 Å². The first-order chi connectivity index (χ1) is 29.2. The average Bonchev–Trinajstić information content (AvgIpc) is 3.23. The maximum absolute atomic E-state index is 14.2. The Morgan fingerprint density at radius 3 is 2.26 bits per heavy atom. The summed E-state index contributed by atoms with van der Waals surface area (Å²) in [6.45, 7) is 12.8. The van der Waals surface area contributed by atoms with Crippen LogP contribution in [-0.2, 0) is 38.2 Å². The van der Waals surface area contributed by atoms with Crippen LogP contribution in [0.1, 0.15) is 132 Å². The van der Waals surface area contributed by atoms with Crippen molar-refractivity contribution < 1.29 is 58.6 Å². The van der Waals surface area contributed by atoms with Crippen molar-refractivity contribution in [2.45, 2.75) is 180 Å². The van der Waals surface area contributed by atoms with Crippen LogP contribution in [0.3, 0.4) is 0 Å². The summed E-state index contributed by atoms with van der Waals surface area (Å²) in [5.74, 6) is -7.69. The zero-order valence-corrected chi connectivity index (χ0v) is 38.4. The molecule has 13 heteroatoms. The number of piperidine rings is 1. The molecule has 2 saturated heterocycles. The van der Waals surface area contributed by atoms with E-state index in [-0.39, 0.29) is 61.0 Å². The third-order valence-corrected chi connectivity index (χ3v) is 13.9. The molecule has 1 aliphatic carbocycles. The number of cyclic esters (lactones) is 1. The molecule has 3 fully saturated rings. The molecule has 1 saturated carbocycles. The highest BCUT2D eigenvalue weighted by molar-refractivity contribution is 6.39. The number of aliphatic hydroxyl groups is 4. The van der Waals surface area contributed by atoms with E-state index in [9.17, 15) is 44.4 Å². The van der Waals surface area contributed by atoms with Crippen LogP contribution in [0, 0.1) is 35.5 Å². The lowest BCUT2D eigenvalue weighted by Gasteiger charge is -2.42. The Hall–Kier alpha value is -3.33. The number of carbonyl (C=O) groups excluding carboxylic acids is 5. The summed E-state index contributed by atoms with van der Waals surface area (Å²) in [7, 11) is 1.58. The molecule has 0 spiro atoms. The van der Waals surface area contributed by atoms with Gasteiger partial charge in [-0.15, -0.1) is 0 Å². The maximum Gasteiger partial charge on any atom is 0.329 e. The molecule has 0 aromatic carbocycles. The van der Waals surface area contributed by atoms with Gasteiger partial charge in [0, 0.05) is 50.7 Å². The van der Waals surface area contributed by atoms with E-state index >= 15 is 0 Å². The lowest BCUT2D eigenvalue weighted by molar-refractivity contribution is -0.265. The van der Waals surface area contributed by atoms with Crippen molar-refractivity contribution in [3.05, 3.63) is 47.6 Å². The van der Waals surface area contributed by atoms with Crippen molar-refractivity contribution in [3.63, 3.8) is 0 Å². The maximum atomic E-state index is 14.2. The summed E-state index contributed by atoms with van der Waals surface area (Å²) in [4.78, 5) is 70.8. The number of rotatable bonds is 4. The van der Waals surface area contributed by atoms with Gasteiger partial charge >= 0.3 is 5.97 Å². The number of aliphatic hydroxyl groups excluding tert-OH is 3. The Bertz CT molecular complexity index is 1690. The molecule has 348 valence electrons. The first kappa shape index (κ1) is 51.3. The number of esters is 1. The van der Waals surface area contributed by atoms with Crippen molar-refractivity contribution in [3.8, 4) is 0 Å². The lowest BCUT2D eigenvalue weighted by Crippen LogP contribution is -2.61. The number of hydrogen-bond donors (Lipinski definition) is 4. The summed E-state index contributed by atoms with van der Waals surface area (Å²) in [6.07, 6.45) is 11.4. The summed E-state index contributed by atoms with van der Waals surface area (Å²) >= 11 is 0. The molecule has 14 atom stereocenters. The normalized spacial score (nSPS) is 40.6. The van der Waals surface area contributed by atoms with E-state index in [2.05, 4.69) is 0 Å². The van der Waals surface area contributed by atoms with Gasteiger partial charge in [-0.05, 0) is 107 Å². The van der Waals surface area contributed by atoms with E-state index in [1.807, 2.05) is 58.1 Å². The number of amides is 1. The average molecular weight is 870 g/mol. The number of hydrogen-bond acceptors (Lipinski definition) is 12. The van der Waals surface area contributed by atoms with E-state index in [0.717, 1.165) is 5.57 Å². The highest BCUT2D eigenvalue weighted by Crippen LogP contribution is 2.37. The number of allylic oxidation sites excluding steroid dienone is 6. The second kappa shape index (κ2) is 23.6. The van der Waals surface area contributed by atoms with Gasteiger partial charge in [0.05, 0.1) is 30.5 Å². The molecule has 0 radical (unpaired) electrons. The second-order valence-electron chi connectivity index (χ2n) is 19.1. The van der Waals surface area contributed by atoms with Gasteiger partial charge in [-0.2, -0.15) is 0 Å². The van der Waals surface area contributed by atoms with Crippen LogP contribution in [0.25, 0.3) is 0 Å². The quantitative estimate of drug-likeness (QED) is 0.149. The highest BCUT2D eigenvalue weighted by Gasteiger charge is 2.53. The number of fused-ring (bicyclic) bond motifs is 3. The van der Waals surface area contributed by atoms with E-state index < -0.39 is 77.9 Å². The van der Waals surface area contributed by atoms with Gasteiger partial charge in [-0.1, -0.05) is 71.1 Å². The van der Waals surface area contributed by atoms with Crippen LogP contribution < -0.4 is 0 Å². The Kier molecular flexibility index (Phi) is 19.5. The Morgan fingerprint density at radius 1 is 0.839 bits per heavy atom. The molecule has 0 unspecified atom stereocenters. The first-order valence-corrected chi connectivity index (χ1v) is 23.0. The fraction of sp³-hybridized carbons (Fsp3) is 0.735. The number of ether oxygens (including phenoxy) is 3. The summed E-state index contributed by atoms with van der Waals surface area (Å²) in [6, 6.07) is -1.14. The van der Waals surface area contributed by atoms with Gasteiger partial charge in [0.25, 0.3) is 11.7 Å². The number of nitrogens with zero attached hydrogens (tertiary/aromatic N) is 1. The van der Waals surface area contributed by atoms with Gasteiger partial charge in [0.1, 0.15) is 23.7 Å². The Balaban J connectivity index is 1.66. The van der Waals surface area contributed by atoms with Crippen LogP contribution in [0.2, 0.25) is 0 Å². The number of carbonyl (C=O) groups is 5. The van der Waals surface area contributed by atoms with Crippen molar-refractivity contribution in [2.75, 3.05) is 13.7 Å². The number of methoxy groups -OCH3 is 1. The zero-order valence-electron chi connectivity index (χ0n) is 38.4. The largest absolute Gasteiger partial charge is 0.460 e. The van der Waals surface area contributed by atoms with Crippen molar-refractivity contribution in [1.82, 2.24) is 4.90 Å². The van der Waals surface area contributed by atoms with E-state index in [0.29, 0.717) is 69.8 Å². The Morgan fingerprint density at radius 2 is 1.56 bits per heavy atom. The smallest absolute Gasteiger partial charge is 0.329 e. The SMILES string of the molecule is CO[C@@H]1C[C@H]2CC[C@@H](C)[C@@](O)(O2)C(=O)C(=O)N2CCCC[C@H]2C(=O)O[C@@H]([C@@H](C)C[C@@H]2CC[C@H](O)[C@H](O)C2)CC(=O)[C@@H](C)/C=C(\C)[C@@H](O)CC(=O)[C@H](C)C[C@@H](C)/C=C/C=C/C=C/1C. The summed E-state index contributed by atoms with van der Waals surface area (Å²) in [5, 5.41) is 43.5. The third-order valence-electron chi connectivity index (χ3n) is 13.9. The molecule has 3 heterocycles. The van der Waals surface area contributed by atoms with Crippen LogP contribution in [-0.4, -0.2) is 117 Å². The molecule has 4 N–H and O–H groups in total. The van der Waals surface area contributed by atoms with Crippen LogP contribution >= 0.6 is 0 Å². The third kappa shape index (κ3) is 13.8. The lowest BCUT2D eigenvalue weighted by atomic mass is 9.78. The fourth-order valence-corrected chi connectivity index (χ4v) is 9.54. The van der Waals surface area contributed by atoms with E-state index in [1.165, 1.54) is 4.90 Å². The standard InChI is InChI=1S/C49H75NO12/c1-29-14-10-9-11-15-30(2)44(60-8)26-37-19-17-35(7)49(59,62-37)46(56)47(57)50-21-13-12-16-38(50)48(58)61-45(34(6)24-36-18-20-39(51)43(55)25-36)28-42(54)33(5)23-32(4)41(53)27-40(52)31(3)22-29/h9-11,14-15,23,29,31,33-39,41,43-45,51,53,55,59H,12-13,16-22,24-28H2,1-8H3/b11-9+,14-10+,30-15+,32-23+/t29-,31+,33-,34-,35+,36-,37+,38-,39-,41-,43+,44+,45+,49+/m0/s1. The fourth-order valence-electron chi connectivity index (χ4n) is 9.54. The molecular weight excluding hydrogens is 795 g/mol. The topological polar surface area (TPSA) is 197 Å². The van der Waals surface area contributed by atoms with E-state index in [1.54, 1.807) is 34.0 Å². The minimum absolute atomic E-state index is 0.00355. The molecule has 1 amide bonds. The predicted octanol–water partition coefficient (Wildman–Crippen LogP) is 5.90. The molecule has 4 rings (SSSR count). The molecule has 4 aliphatic rings. The van der Waals surface area contributed by atoms with Crippen molar-refractivity contribution in [2.24, 2.45) is 35.5 Å². The van der Waals surface area contributed by atoms with Crippen LogP contribution in [0.15, 0.2) is 47.6 Å². The number of Topliss-reactive ketones (excluding diaryl/α,β-unsaturated/α-hetero) is 3. The van der Waals surface area contributed by atoms with Crippen molar-refractivity contribution >= 4 is 29.2 Å². The minimum atomic E-state index is -2.43. The summed E-state index contributed by atoms with van der Waals surface area (Å²) < 4.78 is 18.1. The Labute approximate surface area is 369 Å². The molecular formula is C49H75NO12. The molecule has 2 bridgehead atoms. The second-order valence-corrected chi connectivity index (χ2v) is 19.1. The predicted molar refractivity (Wildman–Crippen MR) is 234 cm³/mol. The zero-order chi connectivity index (χ0) is 45.9. The molecule has 62 heavy (non-hydrogen) atoms. The highest BCUT2D eigenvalue weighted by atomic mass is 16.6. The monoisotopic (exact) mass is 870 g/mol. The number of ketones is 3. The summed E-state index contributed by atoms with van der Waals surface area (Å²) in [5.41, 5.74) is 1.37.